The van der Waals surface area contributed by atoms with Crippen molar-refractivity contribution in [3.05, 3.63) is 51.2 Å². The molecule has 5 heteroatoms. The van der Waals surface area contributed by atoms with Gasteiger partial charge in [-0.25, -0.2) is 18.2 Å². The van der Waals surface area contributed by atoms with Crippen molar-refractivity contribution < 1.29 is 13.2 Å². The zero-order valence-electron chi connectivity index (χ0n) is 10.0. The molecule has 2 aromatic rings. The Bertz CT molecular complexity index is 540. The monoisotopic (exact) mass is 271 g/mol. The van der Waals surface area contributed by atoms with E-state index in [0.717, 1.165) is 9.88 Å². The van der Waals surface area contributed by atoms with Crippen LogP contribution in [0.15, 0.2) is 18.3 Å². The molecule has 0 N–H and O–H groups in total. The molecule has 0 amide bonds. The Morgan fingerprint density at radius 2 is 1.78 bits per heavy atom. The lowest BCUT2D eigenvalue weighted by atomic mass is 10.1. The molecular weight excluding hydrogens is 259 g/mol. The van der Waals surface area contributed by atoms with Crippen molar-refractivity contribution in [2.45, 2.75) is 26.2 Å². The molecule has 0 saturated heterocycles. The summed E-state index contributed by atoms with van der Waals surface area (Å²) in [6.07, 6.45) is 1.71. The fourth-order valence-electron chi connectivity index (χ4n) is 1.59. The van der Waals surface area contributed by atoms with E-state index < -0.39 is 17.5 Å². The largest absolute Gasteiger partial charge is 0.249 e. The van der Waals surface area contributed by atoms with Gasteiger partial charge in [-0.2, -0.15) is 0 Å². The molecule has 1 aromatic heterocycles. The fraction of sp³-hybridized carbons (Fsp3) is 0.308. The molecule has 0 aliphatic carbocycles. The van der Waals surface area contributed by atoms with E-state index in [1.165, 1.54) is 11.3 Å². The molecule has 96 valence electrons. The molecule has 0 saturated carbocycles. The molecule has 0 unspecified atom stereocenters. The number of thiazole rings is 1. The van der Waals surface area contributed by atoms with E-state index in [4.69, 9.17) is 0 Å². The van der Waals surface area contributed by atoms with Crippen LogP contribution in [0.2, 0.25) is 0 Å². The second-order valence-electron chi connectivity index (χ2n) is 4.34. The van der Waals surface area contributed by atoms with Gasteiger partial charge in [0.25, 0.3) is 0 Å². The summed E-state index contributed by atoms with van der Waals surface area (Å²) in [6.45, 7) is 4.00. The first kappa shape index (κ1) is 13.1. The van der Waals surface area contributed by atoms with Crippen LogP contribution < -0.4 is 0 Å². The van der Waals surface area contributed by atoms with E-state index in [-0.39, 0.29) is 17.9 Å². The summed E-state index contributed by atoms with van der Waals surface area (Å²) in [5.74, 6) is -2.33. The van der Waals surface area contributed by atoms with Crippen molar-refractivity contribution in [2.24, 2.45) is 0 Å². The molecule has 2 rings (SSSR count). The maximum absolute atomic E-state index is 13.5. The number of hydrogen-bond donors (Lipinski definition) is 0. The van der Waals surface area contributed by atoms with Crippen LogP contribution in [0.5, 0.6) is 0 Å². The third-order valence-corrected chi connectivity index (χ3v) is 3.82. The van der Waals surface area contributed by atoms with E-state index in [2.05, 4.69) is 4.98 Å². The third kappa shape index (κ3) is 2.72. The Morgan fingerprint density at radius 1 is 1.17 bits per heavy atom. The molecule has 0 aliphatic rings. The Labute approximate surface area is 107 Å². The molecule has 0 spiro atoms. The quantitative estimate of drug-likeness (QED) is 0.812. The number of hydrogen-bond acceptors (Lipinski definition) is 2. The van der Waals surface area contributed by atoms with E-state index in [9.17, 15) is 13.2 Å². The maximum Gasteiger partial charge on any atom is 0.132 e. The van der Waals surface area contributed by atoms with Crippen LogP contribution >= 0.6 is 11.3 Å². The van der Waals surface area contributed by atoms with Crippen molar-refractivity contribution in [3.63, 3.8) is 0 Å². The second kappa shape index (κ2) is 5.10. The van der Waals surface area contributed by atoms with Gasteiger partial charge in [-0.15, -0.1) is 11.3 Å². The Kier molecular flexibility index (Phi) is 3.71. The zero-order valence-corrected chi connectivity index (χ0v) is 10.8. The van der Waals surface area contributed by atoms with E-state index >= 15 is 0 Å². The van der Waals surface area contributed by atoms with Gasteiger partial charge in [-0.3, -0.25) is 0 Å². The first-order valence-electron chi connectivity index (χ1n) is 5.55. The predicted octanol–water partition coefficient (Wildman–Crippen LogP) is 4.27. The van der Waals surface area contributed by atoms with Crippen molar-refractivity contribution >= 4 is 11.3 Å². The highest BCUT2D eigenvalue weighted by molar-refractivity contribution is 7.11. The standard InChI is InChI=1S/C13H12F3NS/c1-7(2)13-17-6-9(18-13)5-10-11(15)3-8(14)4-12(10)16/h3-4,6-7H,5H2,1-2H3. The number of rotatable bonds is 3. The molecule has 1 aromatic carbocycles. The maximum atomic E-state index is 13.5. The molecule has 0 fully saturated rings. The molecule has 0 radical (unpaired) electrons. The molecular formula is C13H12F3NS. The Morgan fingerprint density at radius 3 is 2.28 bits per heavy atom. The summed E-state index contributed by atoms with van der Waals surface area (Å²) in [4.78, 5) is 4.96. The summed E-state index contributed by atoms with van der Waals surface area (Å²) in [5.41, 5.74) is -0.115. The van der Waals surface area contributed by atoms with Crippen LogP contribution in [0.4, 0.5) is 13.2 Å². The lowest BCUT2D eigenvalue weighted by Crippen LogP contribution is -1.97. The first-order valence-corrected chi connectivity index (χ1v) is 6.37. The zero-order chi connectivity index (χ0) is 13.3. The lowest BCUT2D eigenvalue weighted by molar-refractivity contribution is 0.528. The predicted molar refractivity (Wildman–Crippen MR) is 65.3 cm³/mol. The van der Waals surface area contributed by atoms with Gasteiger partial charge >= 0.3 is 0 Å². The van der Waals surface area contributed by atoms with Gasteiger partial charge in [-0.1, -0.05) is 13.8 Å². The summed E-state index contributed by atoms with van der Waals surface area (Å²) in [7, 11) is 0. The molecule has 0 aliphatic heterocycles. The van der Waals surface area contributed by atoms with Gasteiger partial charge < -0.3 is 0 Å². The average Bonchev–Trinajstić information content (AvgIpc) is 2.71. The van der Waals surface area contributed by atoms with Crippen molar-refractivity contribution in [1.29, 1.82) is 0 Å². The van der Waals surface area contributed by atoms with Gasteiger partial charge in [0, 0.05) is 41.1 Å². The lowest BCUT2D eigenvalue weighted by Gasteiger charge is -2.03. The molecule has 1 nitrogen and oxygen atoms in total. The smallest absolute Gasteiger partial charge is 0.132 e. The summed E-state index contributed by atoms with van der Waals surface area (Å²) in [6, 6.07) is 1.39. The minimum absolute atomic E-state index is 0.0995. The van der Waals surface area contributed by atoms with Gasteiger partial charge in [0.1, 0.15) is 17.5 Å². The topological polar surface area (TPSA) is 12.9 Å². The highest BCUT2D eigenvalue weighted by Gasteiger charge is 2.14. The van der Waals surface area contributed by atoms with Crippen LogP contribution in [-0.2, 0) is 6.42 Å². The fourth-order valence-corrected chi connectivity index (χ4v) is 2.52. The van der Waals surface area contributed by atoms with Crippen LogP contribution in [0.25, 0.3) is 0 Å². The van der Waals surface area contributed by atoms with Crippen molar-refractivity contribution in [3.8, 4) is 0 Å². The van der Waals surface area contributed by atoms with E-state index in [1.807, 2.05) is 13.8 Å². The minimum atomic E-state index is -0.902. The van der Waals surface area contributed by atoms with Crippen LogP contribution in [-0.4, -0.2) is 4.98 Å². The molecule has 1 heterocycles. The number of halogens is 3. The number of nitrogens with zero attached hydrogens (tertiary/aromatic N) is 1. The second-order valence-corrected chi connectivity index (χ2v) is 5.49. The summed E-state index contributed by atoms with van der Waals surface area (Å²) in [5, 5.41) is 0.924. The average molecular weight is 271 g/mol. The Hall–Kier alpha value is -1.36. The number of benzene rings is 1. The Balaban J connectivity index is 2.28. The summed E-state index contributed by atoms with van der Waals surface area (Å²) >= 11 is 1.42. The van der Waals surface area contributed by atoms with Crippen LogP contribution in [0.3, 0.4) is 0 Å². The molecule has 0 bridgehead atoms. The highest BCUT2D eigenvalue weighted by atomic mass is 32.1. The molecule has 18 heavy (non-hydrogen) atoms. The number of aromatic nitrogens is 1. The minimum Gasteiger partial charge on any atom is -0.249 e. The summed E-state index contributed by atoms with van der Waals surface area (Å²) < 4.78 is 39.7. The van der Waals surface area contributed by atoms with Gasteiger partial charge in [0.2, 0.25) is 0 Å². The molecule has 0 atom stereocenters. The van der Waals surface area contributed by atoms with Gasteiger partial charge in [0.15, 0.2) is 0 Å². The SMILES string of the molecule is CC(C)c1ncc(Cc2c(F)cc(F)cc2F)s1. The first-order chi connectivity index (χ1) is 8.47. The van der Waals surface area contributed by atoms with Crippen molar-refractivity contribution in [2.75, 3.05) is 0 Å². The normalized spacial score (nSPS) is 11.2. The van der Waals surface area contributed by atoms with Crippen LogP contribution in [0, 0.1) is 17.5 Å². The third-order valence-electron chi connectivity index (χ3n) is 2.52. The van der Waals surface area contributed by atoms with E-state index in [0.29, 0.717) is 12.1 Å². The van der Waals surface area contributed by atoms with E-state index in [1.54, 1.807) is 6.20 Å². The highest BCUT2D eigenvalue weighted by Crippen LogP contribution is 2.25. The van der Waals surface area contributed by atoms with Gasteiger partial charge in [0.05, 0.1) is 5.01 Å². The van der Waals surface area contributed by atoms with Gasteiger partial charge in [-0.05, 0) is 0 Å². The van der Waals surface area contributed by atoms with Crippen LogP contribution in [0.1, 0.15) is 35.2 Å². The van der Waals surface area contributed by atoms with Crippen molar-refractivity contribution in [1.82, 2.24) is 4.98 Å².